The van der Waals surface area contributed by atoms with Crippen molar-refractivity contribution in [3.05, 3.63) is 71.3 Å². The summed E-state index contributed by atoms with van der Waals surface area (Å²) < 4.78 is 3.79. The molecule has 1 aromatic carbocycles. The molecular weight excluding hydrogens is 366 g/mol. The van der Waals surface area contributed by atoms with Crippen molar-refractivity contribution in [3.63, 3.8) is 0 Å². The van der Waals surface area contributed by atoms with Gasteiger partial charge in [0.2, 0.25) is 5.91 Å². The fourth-order valence-corrected chi connectivity index (χ4v) is 3.30. The molecule has 0 atom stereocenters. The molecule has 3 aromatic rings. The normalized spacial score (nSPS) is 10.9. The Bertz CT molecular complexity index is 1000. The topological polar surface area (TPSA) is 81.0 Å². The molecule has 0 unspecified atom stereocenters. The lowest BCUT2D eigenvalue weighted by Crippen LogP contribution is -2.42. The molecule has 2 heterocycles. The van der Waals surface area contributed by atoms with Gasteiger partial charge in [0, 0.05) is 30.2 Å². The standard InChI is InChI=1S/C22H27N5O2/c1-15(2)14-27-17(4)19(16(3)25-27)13-21(28)23-24-22(29)18-9-5-6-10-20(18)26-11-7-8-12-26/h5-12,15H,13-14H2,1-4H3,(H,23,28)(H,24,29). The molecule has 0 saturated carbocycles. The largest absolute Gasteiger partial charge is 0.323 e. The molecule has 0 fully saturated rings. The zero-order chi connectivity index (χ0) is 21.0. The average molecular weight is 393 g/mol. The summed E-state index contributed by atoms with van der Waals surface area (Å²) in [5, 5.41) is 4.53. The predicted octanol–water partition coefficient (Wildman–Crippen LogP) is 2.95. The van der Waals surface area contributed by atoms with Crippen LogP contribution in [0.25, 0.3) is 5.69 Å². The van der Waals surface area contributed by atoms with Gasteiger partial charge < -0.3 is 4.57 Å². The zero-order valence-corrected chi connectivity index (χ0v) is 17.3. The van der Waals surface area contributed by atoms with Gasteiger partial charge in [-0.2, -0.15) is 5.10 Å². The van der Waals surface area contributed by atoms with Gasteiger partial charge in [0.25, 0.3) is 5.91 Å². The molecule has 7 nitrogen and oxygen atoms in total. The van der Waals surface area contributed by atoms with Crippen LogP contribution in [0.4, 0.5) is 0 Å². The van der Waals surface area contributed by atoms with E-state index in [4.69, 9.17) is 0 Å². The predicted molar refractivity (Wildman–Crippen MR) is 112 cm³/mol. The van der Waals surface area contributed by atoms with E-state index in [1.165, 1.54) is 0 Å². The Labute approximate surface area is 170 Å². The Morgan fingerprint density at radius 3 is 2.41 bits per heavy atom. The van der Waals surface area contributed by atoms with E-state index < -0.39 is 0 Å². The molecule has 2 N–H and O–H groups in total. The second-order valence-corrected chi connectivity index (χ2v) is 7.51. The number of amides is 2. The molecule has 0 spiro atoms. The fraction of sp³-hybridized carbons (Fsp3) is 0.318. The summed E-state index contributed by atoms with van der Waals surface area (Å²) in [4.78, 5) is 25.1. The van der Waals surface area contributed by atoms with E-state index in [1.807, 2.05) is 59.8 Å². The summed E-state index contributed by atoms with van der Waals surface area (Å²) in [5.74, 6) is -0.187. The number of para-hydroxylation sites is 1. The Morgan fingerprint density at radius 2 is 1.72 bits per heavy atom. The molecule has 2 aromatic heterocycles. The smallest absolute Gasteiger partial charge is 0.271 e. The number of hydrogen-bond acceptors (Lipinski definition) is 3. The number of nitrogens with zero attached hydrogens (tertiary/aromatic N) is 3. The van der Waals surface area contributed by atoms with Crippen LogP contribution >= 0.6 is 0 Å². The highest BCUT2D eigenvalue weighted by Crippen LogP contribution is 2.16. The van der Waals surface area contributed by atoms with Gasteiger partial charge in [-0.1, -0.05) is 26.0 Å². The first-order valence-corrected chi connectivity index (χ1v) is 9.71. The van der Waals surface area contributed by atoms with Crippen LogP contribution in [0.15, 0.2) is 48.8 Å². The summed E-state index contributed by atoms with van der Waals surface area (Å²) in [6, 6.07) is 11.0. The molecular formula is C22H27N5O2. The maximum atomic E-state index is 12.6. The highest BCUT2D eigenvalue weighted by atomic mass is 16.2. The number of benzene rings is 1. The van der Waals surface area contributed by atoms with Crippen LogP contribution in [0.1, 0.15) is 41.2 Å². The molecule has 152 valence electrons. The maximum absolute atomic E-state index is 12.6. The summed E-state index contributed by atoms with van der Waals surface area (Å²) in [7, 11) is 0. The SMILES string of the molecule is Cc1nn(CC(C)C)c(C)c1CC(=O)NNC(=O)c1ccccc1-n1cccc1. The molecule has 0 bridgehead atoms. The Balaban J connectivity index is 1.65. The first-order valence-electron chi connectivity index (χ1n) is 9.71. The van der Waals surface area contributed by atoms with E-state index in [-0.39, 0.29) is 18.2 Å². The fourth-order valence-electron chi connectivity index (χ4n) is 3.30. The van der Waals surface area contributed by atoms with E-state index in [2.05, 4.69) is 29.8 Å². The monoisotopic (exact) mass is 393 g/mol. The lowest BCUT2D eigenvalue weighted by molar-refractivity contribution is -0.121. The molecule has 7 heteroatoms. The third kappa shape index (κ3) is 4.74. The number of hydrazine groups is 1. The molecule has 0 radical (unpaired) electrons. The number of carbonyl (C=O) groups is 2. The summed E-state index contributed by atoms with van der Waals surface area (Å²) in [6.07, 6.45) is 3.89. The van der Waals surface area contributed by atoms with Crippen LogP contribution in [-0.4, -0.2) is 26.2 Å². The Hall–Kier alpha value is -3.35. The molecule has 0 aliphatic rings. The Kier molecular flexibility index (Phi) is 6.16. The van der Waals surface area contributed by atoms with E-state index >= 15 is 0 Å². The summed E-state index contributed by atoms with van der Waals surface area (Å²) in [5.41, 5.74) is 8.97. The number of aromatic nitrogens is 3. The second kappa shape index (κ2) is 8.77. The first-order chi connectivity index (χ1) is 13.9. The third-order valence-corrected chi connectivity index (χ3v) is 4.75. The third-order valence-electron chi connectivity index (χ3n) is 4.75. The van der Waals surface area contributed by atoms with Gasteiger partial charge in [-0.05, 0) is 44.0 Å². The van der Waals surface area contributed by atoms with Gasteiger partial charge in [0.15, 0.2) is 0 Å². The van der Waals surface area contributed by atoms with Crippen molar-refractivity contribution in [1.29, 1.82) is 0 Å². The lowest BCUT2D eigenvalue weighted by Gasteiger charge is -2.12. The highest BCUT2D eigenvalue weighted by Gasteiger charge is 2.17. The number of nitrogens with one attached hydrogen (secondary N) is 2. The van der Waals surface area contributed by atoms with E-state index in [0.29, 0.717) is 11.5 Å². The van der Waals surface area contributed by atoms with Crippen molar-refractivity contribution < 1.29 is 9.59 Å². The van der Waals surface area contributed by atoms with Gasteiger partial charge in [-0.15, -0.1) is 0 Å². The maximum Gasteiger partial charge on any atom is 0.271 e. The van der Waals surface area contributed by atoms with E-state index in [9.17, 15) is 9.59 Å². The van der Waals surface area contributed by atoms with E-state index in [1.54, 1.807) is 12.1 Å². The molecule has 0 aliphatic carbocycles. The van der Waals surface area contributed by atoms with Gasteiger partial charge in [0.1, 0.15) is 0 Å². The lowest BCUT2D eigenvalue weighted by atomic mass is 10.1. The van der Waals surface area contributed by atoms with Gasteiger partial charge in [-0.25, -0.2) is 0 Å². The Morgan fingerprint density at radius 1 is 1.03 bits per heavy atom. The van der Waals surface area contributed by atoms with E-state index in [0.717, 1.165) is 29.2 Å². The van der Waals surface area contributed by atoms with Crippen LogP contribution in [0.2, 0.25) is 0 Å². The summed E-state index contributed by atoms with van der Waals surface area (Å²) in [6.45, 7) is 8.93. The van der Waals surface area contributed by atoms with Crippen molar-refractivity contribution in [2.75, 3.05) is 0 Å². The summed E-state index contributed by atoms with van der Waals surface area (Å²) >= 11 is 0. The minimum Gasteiger partial charge on any atom is -0.323 e. The van der Waals surface area contributed by atoms with Crippen molar-refractivity contribution in [2.45, 2.75) is 40.7 Å². The van der Waals surface area contributed by atoms with Gasteiger partial charge in [-0.3, -0.25) is 25.1 Å². The van der Waals surface area contributed by atoms with Crippen LogP contribution in [0.3, 0.4) is 0 Å². The highest BCUT2D eigenvalue weighted by molar-refractivity contribution is 5.98. The minimum atomic E-state index is -0.369. The van der Waals surface area contributed by atoms with Crippen LogP contribution in [0.5, 0.6) is 0 Å². The van der Waals surface area contributed by atoms with Crippen LogP contribution < -0.4 is 10.9 Å². The molecule has 3 rings (SSSR count). The first kappa shape index (κ1) is 20.4. The average Bonchev–Trinajstić information content (AvgIpc) is 3.31. The van der Waals surface area contributed by atoms with Gasteiger partial charge in [0.05, 0.1) is 23.4 Å². The quantitative estimate of drug-likeness (QED) is 0.632. The van der Waals surface area contributed by atoms with Crippen molar-refractivity contribution in [3.8, 4) is 5.69 Å². The molecule has 2 amide bonds. The van der Waals surface area contributed by atoms with Crippen LogP contribution in [0, 0.1) is 19.8 Å². The van der Waals surface area contributed by atoms with Crippen molar-refractivity contribution in [1.82, 2.24) is 25.2 Å². The van der Waals surface area contributed by atoms with Gasteiger partial charge >= 0.3 is 0 Å². The molecule has 0 aliphatic heterocycles. The van der Waals surface area contributed by atoms with Crippen molar-refractivity contribution in [2.24, 2.45) is 5.92 Å². The van der Waals surface area contributed by atoms with Crippen molar-refractivity contribution >= 4 is 11.8 Å². The molecule has 29 heavy (non-hydrogen) atoms. The zero-order valence-electron chi connectivity index (χ0n) is 17.3. The number of carbonyl (C=O) groups excluding carboxylic acids is 2. The number of aryl methyl sites for hydroxylation is 1. The number of hydrogen-bond donors (Lipinski definition) is 2. The minimum absolute atomic E-state index is 0.162. The second-order valence-electron chi connectivity index (χ2n) is 7.51. The molecule has 0 saturated heterocycles. The number of rotatable bonds is 6. The van der Waals surface area contributed by atoms with Crippen LogP contribution in [-0.2, 0) is 17.8 Å².